The Kier molecular flexibility index (Phi) is 4.49. The molecule has 0 fully saturated rings. The van der Waals surface area contributed by atoms with Gasteiger partial charge in [0, 0.05) is 5.41 Å². The van der Waals surface area contributed by atoms with Gasteiger partial charge in [0.05, 0.1) is 16.9 Å². The van der Waals surface area contributed by atoms with Gasteiger partial charge in [-0.3, -0.25) is 4.39 Å². The van der Waals surface area contributed by atoms with Crippen LogP contribution in [0.4, 0.5) is 13.2 Å². The van der Waals surface area contributed by atoms with Crippen LogP contribution >= 0.6 is 0 Å². The minimum atomic E-state index is -2.57. The van der Waals surface area contributed by atoms with E-state index in [0.29, 0.717) is 12.8 Å². The minimum absolute atomic E-state index is 0.129. The Morgan fingerprint density at radius 3 is 2.08 bits per heavy atom. The van der Waals surface area contributed by atoms with Crippen molar-refractivity contribution in [3.63, 3.8) is 0 Å². The normalized spacial score (nSPS) is 16.2. The van der Waals surface area contributed by atoms with Crippen molar-refractivity contribution in [2.45, 2.75) is 39.2 Å². The van der Waals surface area contributed by atoms with Crippen molar-refractivity contribution in [2.75, 3.05) is 6.67 Å². The molecular formula is C9H19F3Si. The van der Waals surface area contributed by atoms with Crippen LogP contribution in [0.1, 0.15) is 33.6 Å². The second kappa shape index (κ2) is 4.49. The molecule has 1 atom stereocenters. The van der Waals surface area contributed by atoms with Gasteiger partial charge in [-0.1, -0.05) is 20.8 Å². The second-order valence-electron chi connectivity index (χ2n) is 4.34. The Morgan fingerprint density at radius 2 is 1.77 bits per heavy atom. The van der Waals surface area contributed by atoms with Crippen molar-refractivity contribution < 1.29 is 13.2 Å². The first kappa shape index (κ1) is 13.0. The number of rotatable bonds is 5. The molecule has 0 amide bonds. The van der Waals surface area contributed by atoms with Crippen LogP contribution < -0.4 is 0 Å². The van der Waals surface area contributed by atoms with Crippen LogP contribution in [0.5, 0.6) is 0 Å². The van der Waals surface area contributed by atoms with E-state index in [0.717, 1.165) is 0 Å². The van der Waals surface area contributed by atoms with Crippen molar-refractivity contribution >= 4 is 10.2 Å². The quantitative estimate of drug-likeness (QED) is 0.614. The largest absolute Gasteiger partial charge is 0.251 e. The molecule has 0 aromatic heterocycles. The molecule has 0 heterocycles. The van der Waals surface area contributed by atoms with E-state index in [1.165, 1.54) is 0 Å². The van der Waals surface area contributed by atoms with Crippen LogP contribution in [0, 0.1) is 11.3 Å². The summed E-state index contributed by atoms with van der Waals surface area (Å²) in [6.45, 7) is 4.51. The molecule has 0 N–H and O–H groups in total. The standard InChI is InChI=1S/C9H19F3Si/c1-7(5-4-6-10)8(2,3)9(11,12)13/h7H,4-6H2,1-3,13H3. The van der Waals surface area contributed by atoms with Crippen molar-refractivity contribution in [3.8, 4) is 0 Å². The molecule has 4 heteroatoms. The van der Waals surface area contributed by atoms with Gasteiger partial charge in [-0.2, -0.15) is 0 Å². The first-order valence-corrected chi connectivity index (χ1v) is 5.67. The van der Waals surface area contributed by atoms with Gasteiger partial charge in [0.25, 0.3) is 0 Å². The molecule has 0 saturated carbocycles. The van der Waals surface area contributed by atoms with Gasteiger partial charge in [0.2, 0.25) is 5.55 Å². The first-order valence-electron chi connectivity index (χ1n) is 4.67. The third-order valence-electron chi connectivity index (χ3n) is 3.13. The third kappa shape index (κ3) is 3.33. The van der Waals surface area contributed by atoms with Crippen molar-refractivity contribution in [3.05, 3.63) is 0 Å². The van der Waals surface area contributed by atoms with Crippen LogP contribution in [0.3, 0.4) is 0 Å². The summed E-state index contributed by atoms with van der Waals surface area (Å²) < 4.78 is 38.2. The molecule has 0 aliphatic carbocycles. The molecule has 0 saturated heterocycles. The average molecular weight is 212 g/mol. The summed E-state index contributed by atoms with van der Waals surface area (Å²) in [7, 11) is -0.134. The Bertz CT molecular complexity index is 151. The highest BCUT2D eigenvalue weighted by molar-refractivity contribution is 6.13. The SMILES string of the molecule is CC(CCCF)C(C)(C)C(F)(F)[SiH3]. The molecular weight excluding hydrogens is 193 g/mol. The molecule has 0 bridgehead atoms. The minimum Gasteiger partial charge on any atom is -0.251 e. The molecule has 0 nitrogen and oxygen atoms in total. The molecule has 13 heavy (non-hydrogen) atoms. The van der Waals surface area contributed by atoms with Gasteiger partial charge in [-0.15, -0.1) is 0 Å². The number of halogens is 3. The Balaban J connectivity index is 4.27. The van der Waals surface area contributed by atoms with Crippen molar-refractivity contribution in [1.82, 2.24) is 0 Å². The summed E-state index contributed by atoms with van der Waals surface area (Å²) >= 11 is 0. The Hall–Kier alpha value is 0.00688. The van der Waals surface area contributed by atoms with E-state index >= 15 is 0 Å². The average Bonchev–Trinajstić information content (AvgIpc) is 1.97. The number of alkyl halides is 3. The van der Waals surface area contributed by atoms with Gasteiger partial charge in [-0.05, 0) is 18.8 Å². The fourth-order valence-electron chi connectivity index (χ4n) is 1.18. The number of hydrogen-bond donors (Lipinski definition) is 0. The zero-order valence-electron chi connectivity index (χ0n) is 8.83. The van der Waals surface area contributed by atoms with E-state index < -0.39 is 17.6 Å². The summed E-state index contributed by atoms with van der Waals surface area (Å²) in [4.78, 5) is 0. The van der Waals surface area contributed by atoms with Crippen molar-refractivity contribution in [1.29, 1.82) is 0 Å². The van der Waals surface area contributed by atoms with Gasteiger partial charge < -0.3 is 0 Å². The Labute approximate surface area is 81.3 Å². The summed E-state index contributed by atoms with van der Waals surface area (Å²) in [5, 5.41) is 0. The Morgan fingerprint density at radius 1 is 1.31 bits per heavy atom. The van der Waals surface area contributed by atoms with Crippen LogP contribution in [0.25, 0.3) is 0 Å². The smallest absolute Gasteiger partial charge is 0.224 e. The van der Waals surface area contributed by atoms with Crippen LogP contribution in [0.2, 0.25) is 0 Å². The summed E-state index contributed by atoms with van der Waals surface area (Å²) in [5.41, 5.74) is -3.56. The molecule has 0 aliphatic heterocycles. The van der Waals surface area contributed by atoms with E-state index in [4.69, 9.17) is 0 Å². The zero-order chi connectivity index (χ0) is 10.7. The lowest BCUT2D eigenvalue weighted by molar-refractivity contribution is -0.0602. The molecule has 0 radical (unpaired) electrons. The fourth-order valence-corrected chi connectivity index (χ4v) is 1.67. The number of hydrogen-bond acceptors (Lipinski definition) is 0. The van der Waals surface area contributed by atoms with Crippen LogP contribution in [0.15, 0.2) is 0 Å². The van der Waals surface area contributed by atoms with E-state index in [-0.39, 0.29) is 16.2 Å². The first-order chi connectivity index (χ1) is 5.73. The molecule has 0 aromatic rings. The third-order valence-corrected chi connectivity index (χ3v) is 4.42. The van der Waals surface area contributed by atoms with Gasteiger partial charge in [0.1, 0.15) is 0 Å². The highest BCUT2D eigenvalue weighted by Gasteiger charge is 2.44. The highest BCUT2D eigenvalue weighted by Crippen LogP contribution is 2.41. The van der Waals surface area contributed by atoms with E-state index in [1.54, 1.807) is 20.8 Å². The lowest BCUT2D eigenvalue weighted by Crippen LogP contribution is -2.41. The summed E-state index contributed by atoms with van der Waals surface area (Å²) in [5.74, 6) is -0.129. The monoisotopic (exact) mass is 212 g/mol. The highest BCUT2D eigenvalue weighted by atomic mass is 28.1. The van der Waals surface area contributed by atoms with E-state index in [2.05, 4.69) is 0 Å². The van der Waals surface area contributed by atoms with Crippen molar-refractivity contribution in [2.24, 2.45) is 11.3 Å². The van der Waals surface area contributed by atoms with E-state index in [1.807, 2.05) is 0 Å². The molecule has 1 unspecified atom stereocenters. The lowest BCUT2D eigenvalue weighted by atomic mass is 9.77. The maximum atomic E-state index is 13.1. The zero-order valence-corrected chi connectivity index (χ0v) is 10.8. The molecule has 0 spiro atoms. The van der Waals surface area contributed by atoms with Gasteiger partial charge in [0.15, 0.2) is 0 Å². The predicted octanol–water partition coefficient (Wildman–Crippen LogP) is 2.36. The summed E-state index contributed by atoms with van der Waals surface area (Å²) in [6.07, 6.45) is 0.934. The molecule has 0 aliphatic rings. The maximum Gasteiger partial charge on any atom is 0.224 e. The second-order valence-corrected chi connectivity index (χ2v) is 5.60. The maximum absolute atomic E-state index is 13.1. The van der Waals surface area contributed by atoms with E-state index in [9.17, 15) is 13.2 Å². The molecule has 80 valence electrons. The molecule has 0 aromatic carbocycles. The lowest BCUT2D eigenvalue weighted by Gasteiger charge is -2.37. The predicted molar refractivity (Wildman–Crippen MR) is 53.0 cm³/mol. The summed E-state index contributed by atoms with van der Waals surface area (Å²) in [6, 6.07) is 0. The fraction of sp³-hybridized carbons (Fsp3) is 1.00. The van der Waals surface area contributed by atoms with Gasteiger partial charge >= 0.3 is 0 Å². The van der Waals surface area contributed by atoms with Crippen LogP contribution in [-0.2, 0) is 0 Å². The molecule has 0 rings (SSSR count). The topological polar surface area (TPSA) is 0 Å². The van der Waals surface area contributed by atoms with Crippen LogP contribution in [-0.4, -0.2) is 22.5 Å². The van der Waals surface area contributed by atoms with Gasteiger partial charge in [-0.25, -0.2) is 8.78 Å².